The van der Waals surface area contributed by atoms with Crippen LogP contribution in [0.2, 0.25) is 0 Å². The van der Waals surface area contributed by atoms with Gasteiger partial charge in [0.25, 0.3) is 5.56 Å². The van der Waals surface area contributed by atoms with Crippen LogP contribution < -0.4 is 5.56 Å². The predicted octanol–water partition coefficient (Wildman–Crippen LogP) is 0.507. The highest BCUT2D eigenvalue weighted by Gasteiger charge is 2.13. The van der Waals surface area contributed by atoms with Gasteiger partial charge in [-0.1, -0.05) is 0 Å². The Morgan fingerprint density at radius 2 is 2.00 bits per heavy atom. The van der Waals surface area contributed by atoms with Crippen LogP contribution in [0.4, 0.5) is 0 Å². The molecule has 0 atom stereocenters. The van der Waals surface area contributed by atoms with E-state index in [1.807, 2.05) is 0 Å². The largest absolute Gasteiger partial charge is 0.477 e. The lowest BCUT2D eigenvalue weighted by Gasteiger charge is -2.00. The summed E-state index contributed by atoms with van der Waals surface area (Å²) < 4.78 is 0. The van der Waals surface area contributed by atoms with Crippen molar-refractivity contribution in [3.8, 4) is 0 Å². The summed E-state index contributed by atoms with van der Waals surface area (Å²) >= 11 is 0. The molecule has 0 aromatic carbocycles. The highest BCUT2D eigenvalue weighted by Crippen LogP contribution is 2.03. The maximum absolute atomic E-state index is 10.9. The molecule has 0 radical (unpaired) electrons. The Labute approximate surface area is 80.2 Å². The number of carboxylic acid groups (broad SMARTS) is 1. The van der Waals surface area contributed by atoms with E-state index in [2.05, 4.69) is 10.2 Å². The average molecular weight is 205 g/mol. The molecule has 1 rings (SSSR count). The minimum absolute atomic E-state index is 0. The highest BCUT2D eigenvalue weighted by molar-refractivity contribution is 5.88. The molecular formula is C7H9ClN2O3. The van der Waals surface area contributed by atoms with Gasteiger partial charge in [0.15, 0.2) is 0 Å². The van der Waals surface area contributed by atoms with Gasteiger partial charge in [0.05, 0.1) is 5.69 Å². The summed E-state index contributed by atoms with van der Waals surface area (Å²) in [6, 6.07) is 0. The third kappa shape index (κ3) is 2.06. The monoisotopic (exact) mass is 204 g/mol. The zero-order chi connectivity index (χ0) is 9.30. The molecule has 5 nitrogen and oxygen atoms in total. The zero-order valence-electron chi connectivity index (χ0n) is 7.12. The molecule has 0 aliphatic heterocycles. The Morgan fingerprint density at radius 1 is 1.46 bits per heavy atom. The number of hydrogen-bond donors (Lipinski definition) is 2. The lowest BCUT2D eigenvalue weighted by atomic mass is 10.1. The van der Waals surface area contributed by atoms with Crippen molar-refractivity contribution in [2.45, 2.75) is 13.8 Å². The highest BCUT2D eigenvalue weighted by atomic mass is 35.5. The first kappa shape index (κ1) is 11.6. The number of H-pyrrole nitrogens is 1. The molecule has 0 saturated carbocycles. The summed E-state index contributed by atoms with van der Waals surface area (Å²) in [5.74, 6) is -1.22. The third-order valence-electron chi connectivity index (χ3n) is 1.68. The molecule has 6 heteroatoms. The summed E-state index contributed by atoms with van der Waals surface area (Å²) in [5, 5.41) is 14.3. The molecule has 0 spiro atoms. The first-order chi connectivity index (χ1) is 5.54. The second kappa shape index (κ2) is 4.04. The number of rotatable bonds is 1. The van der Waals surface area contributed by atoms with Gasteiger partial charge in [0, 0.05) is 0 Å². The zero-order valence-corrected chi connectivity index (χ0v) is 7.94. The molecule has 0 bridgehead atoms. The van der Waals surface area contributed by atoms with Crippen molar-refractivity contribution in [2.75, 3.05) is 0 Å². The minimum atomic E-state index is -1.22. The molecule has 0 amide bonds. The van der Waals surface area contributed by atoms with Crippen LogP contribution >= 0.6 is 12.4 Å². The Bertz CT molecular complexity index is 386. The van der Waals surface area contributed by atoms with Gasteiger partial charge < -0.3 is 5.11 Å². The van der Waals surface area contributed by atoms with Crippen molar-refractivity contribution >= 4 is 18.4 Å². The molecule has 1 aromatic rings. The summed E-state index contributed by atoms with van der Waals surface area (Å²) in [7, 11) is 0. The Morgan fingerprint density at radius 3 is 2.38 bits per heavy atom. The number of carbonyl (C=O) groups is 1. The molecule has 1 aromatic heterocycles. The normalized spacial score (nSPS) is 9.08. The SMILES string of the molecule is Cc1n[nH]c(=O)c(C(=O)O)c1C.Cl. The van der Waals surface area contributed by atoms with Gasteiger partial charge in [-0.25, -0.2) is 9.89 Å². The summed E-state index contributed by atoms with van der Waals surface area (Å²) in [6.45, 7) is 3.19. The number of aromatic carboxylic acids is 1. The average Bonchev–Trinajstić information content (AvgIpc) is 1.97. The lowest BCUT2D eigenvalue weighted by molar-refractivity contribution is 0.0693. The van der Waals surface area contributed by atoms with Gasteiger partial charge in [0.2, 0.25) is 0 Å². The van der Waals surface area contributed by atoms with Crippen LogP contribution in [0, 0.1) is 13.8 Å². The van der Waals surface area contributed by atoms with Crippen molar-refractivity contribution in [1.82, 2.24) is 10.2 Å². The molecule has 0 unspecified atom stereocenters. The van der Waals surface area contributed by atoms with Crippen LogP contribution in [0.5, 0.6) is 0 Å². The van der Waals surface area contributed by atoms with E-state index >= 15 is 0 Å². The predicted molar refractivity (Wildman–Crippen MR) is 48.5 cm³/mol. The summed E-state index contributed by atoms with van der Waals surface area (Å²) in [4.78, 5) is 21.5. The van der Waals surface area contributed by atoms with E-state index in [4.69, 9.17) is 5.11 Å². The van der Waals surface area contributed by atoms with Crippen LogP contribution in [-0.4, -0.2) is 21.3 Å². The van der Waals surface area contributed by atoms with Crippen molar-refractivity contribution in [3.63, 3.8) is 0 Å². The van der Waals surface area contributed by atoms with Crippen LogP contribution in [0.3, 0.4) is 0 Å². The van der Waals surface area contributed by atoms with Crippen LogP contribution in [0.25, 0.3) is 0 Å². The topological polar surface area (TPSA) is 83.0 Å². The van der Waals surface area contributed by atoms with Gasteiger partial charge in [-0.15, -0.1) is 12.4 Å². The van der Waals surface area contributed by atoms with Crippen molar-refractivity contribution in [2.24, 2.45) is 0 Å². The molecular weight excluding hydrogens is 196 g/mol. The quantitative estimate of drug-likeness (QED) is 0.698. The number of aryl methyl sites for hydroxylation is 1. The maximum Gasteiger partial charge on any atom is 0.341 e. The fraction of sp³-hybridized carbons (Fsp3) is 0.286. The summed E-state index contributed by atoms with van der Waals surface area (Å²) in [6.07, 6.45) is 0. The van der Waals surface area contributed by atoms with E-state index in [-0.39, 0.29) is 18.0 Å². The number of carboxylic acids is 1. The lowest BCUT2D eigenvalue weighted by Crippen LogP contribution is -2.21. The molecule has 0 saturated heterocycles. The van der Waals surface area contributed by atoms with E-state index in [1.165, 1.54) is 0 Å². The van der Waals surface area contributed by atoms with E-state index in [1.54, 1.807) is 13.8 Å². The van der Waals surface area contributed by atoms with Crippen LogP contribution in [0.1, 0.15) is 21.6 Å². The second-order valence-corrected chi connectivity index (χ2v) is 2.44. The smallest absolute Gasteiger partial charge is 0.341 e. The number of halogens is 1. The van der Waals surface area contributed by atoms with Crippen LogP contribution in [0.15, 0.2) is 4.79 Å². The Kier molecular flexibility index (Phi) is 3.62. The fourth-order valence-electron chi connectivity index (χ4n) is 0.883. The molecule has 1 heterocycles. The maximum atomic E-state index is 10.9. The Hall–Kier alpha value is -1.36. The minimum Gasteiger partial charge on any atom is -0.477 e. The van der Waals surface area contributed by atoms with Crippen LogP contribution in [-0.2, 0) is 0 Å². The number of aromatic amines is 1. The van der Waals surface area contributed by atoms with Gasteiger partial charge in [-0.3, -0.25) is 4.79 Å². The van der Waals surface area contributed by atoms with Crippen molar-refractivity contribution in [1.29, 1.82) is 0 Å². The first-order valence-electron chi connectivity index (χ1n) is 3.33. The van der Waals surface area contributed by atoms with E-state index in [0.717, 1.165) is 0 Å². The van der Waals surface area contributed by atoms with Gasteiger partial charge in [-0.2, -0.15) is 5.10 Å². The van der Waals surface area contributed by atoms with Crippen molar-refractivity contribution in [3.05, 3.63) is 27.2 Å². The van der Waals surface area contributed by atoms with E-state index in [0.29, 0.717) is 11.3 Å². The Balaban J connectivity index is 0.00000144. The van der Waals surface area contributed by atoms with E-state index in [9.17, 15) is 9.59 Å². The number of hydrogen-bond acceptors (Lipinski definition) is 3. The second-order valence-electron chi connectivity index (χ2n) is 2.44. The van der Waals surface area contributed by atoms with E-state index < -0.39 is 11.5 Å². The summed E-state index contributed by atoms with van der Waals surface area (Å²) in [5.41, 5.74) is 0.0337. The molecule has 0 fully saturated rings. The number of nitrogens with one attached hydrogen (secondary N) is 1. The first-order valence-corrected chi connectivity index (χ1v) is 3.33. The number of aromatic nitrogens is 2. The molecule has 0 aliphatic carbocycles. The van der Waals surface area contributed by atoms with Crippen molar-refractivity contribution < 1.29 is 9.90 Å². The van der Waals surface area contributed by atoms with Gasteiger partial charge in [0.1, 0.15) is 5.56 Å². The molecule has 72 valence electrons. The fourth-order valence-corrected chi connectivity index (χ4v) is 0.883. The molecule has 2 N–H and O–H groups in total. The number of nitrogens with zero attached hydrogens (tertiary/aromatic N) is 1. The molecule has 0 aliphatic rings. The molecule has 13 heavy (non-hydrogen) atoms. The van der Waals surface area contributed by atoms with Gasteiger partial charge in [-0.05, 0) is 19.4 Å². The third-order valence-corrected chi connectivity index (χ3v) is 1.68. The van der Waals surface area contributed by atoms with Gasteiger partial charge >= 0.3 is 5.97 Å². The standard InChI is InChI=1S/C7H8N2O3.ClH/c1-3-4(2)8-9-6(10)5(3)7(11)12;/h1-2H3,(H,9,10)(H,11,12);1H.